The van der Waals surface area contributed by atoms with Crippen LogP contribution < -0.4 is 10.6 Å². The van der Waals surface area contributed by atoms with Gasteiger partial charge in [0.25, 0.3) is 0 Å². The van der Waals surface area contributed by atoms with Crippen molar-refractivity contribution in [3.63, 3.8) is 0 Å². The van der Waals surface area contributed by atoms with E-state index < -0.39 is 0 Å². The molecule has 118 valence electrons. The molecule has 0 saturated heterocycles. The van der Waals surface area contributed by atoms with E-state index in [9.17, 15) is 14.4 Å². The highest BCUT2D eigenvalue weighted by atomic mass is 16.2. The molecule has 0 aliphatic rings. The predicted molar refractivity (Wildman–Crippen MR) is 89.5 cm³/mol. The monoisotopic (exact) mass is 310 g/mol. The number of rotatable bonds is 5. The Hall–Kier alpha value is -2.95. The Balaban J connectivity index is 2.02. The molecule has 0 fully saturated rings. The van der Waals surface area contributed by atoms with E-state index in [0.717, 1.165) is 5.56 Å². The van der Waals surface area contributed by atoms with E-state index in [1.54, 1.807) is 48.5 Å². The van der Waals surface area contributed by atoms with Crippen LogP contribution in [0.1, 0.15) is 29.8 Å². The third-order valence-corrected chi connectivity index (χ3v) is 3.22. The summed E-state index contributed by atoms with van der Waals surface area (Å²) in [5, 5.41) is 5.43. The van der Waals surface area contributed by atoms with Gasteiger partial charge in [0.15, 0.2) is 5.78 Å². The molecule has 0 aliphatic carbocycles. The summed E-state index contributed by atoms with van der Waals surface area (Å²) in [7, 11) is 0. The van der Waals surface area contributed by atoms with Gasteiger partial charge in [0.2, 0.25) is 11.8 Å². The first-order chi connectivity index (χ1) is 11.0. The van der Waals surface area contributed by atoms with Gasteiger partial charge in [-0.15, -0.1) is 0 Å². The molecule has 0 bridgehead atoms. The Morgan fingerprint density at radius 2 is 1.52 bits per heavy atom. The molecule has 2 amide bonds. The maximum Gasteiger partial charge on any atom is 0.228 e. The van der Waals surface area contributed by atoms with Crippen LogP contribution in [0.2, 0.25) is 0 Å². The Morgan fingerprint density at radius 1 is 0.870 bits per heavy atom. The van der Waals surface area contributed by atoms with E-state index in [4.69, 9.17) is 0 Å². The SMILES string of the molecule is CC(=O)Nc1ccc(CC(=O)Nc2ccccc2C(C)=O)cc1. The Morgan fingerprint density at radius 3 is 2.13 bits per heavy atom. The lowest BCUT2D eigenvalue weighted by molar-refractivity contribution is -0.116. The first-order valence-electron chi connectivity index (χ1n) is 7.22. The summed E-state index contributed by atoms with van der Waals surface area (Å²) in [5.41, 5.74) is 2.50. The molecule has 5 heteroatoms. The fourth-order valence-electron chi connectivity index (χ4n) is 2.19. The summed E-state index contributed by atoms with van der Waals surface area (Å²) in [4.78, 5) is 34.6. The molecule has 2 aromatic carbocycles. The number of carbonyl (C=O) groups is 3. The highest BCUT2D eigenvalue weighted by Gasteiger charge is 2.10. The molecule has 2 N–H and O–H groups in total. The van der Waals surface area contributed by atoms with Gasteiger partial charge in [-0.1, -0.05) is 24.3 Å². The molecule has 2 rings (SSSR count). The predicted octanol–water partition coefficient (Wildman–Crippen LogP) is 3.03. The standard InChI is InChI=1S/C18H18N2O3/c1-12(21)16-5-3-4-6-17(16)20-18(23)11-14-7-9-15(10-8-14)19-13(2)22/h3-10H,11H2,1-2H3,(H,19,22)(H,20,23). The minimum absolute atomic E-state index is 0.0967. The Labute approximate surface area is 134 Å². The summed E-state index contributed by atoms with van der Waals surface area (Å²) >= 11 is 0. The van der Waals surface area contributed by atoms with E-state index in [-0.39, 0.29) is 24.0 Å². The number of ketones is 1. The van der Waals surface area contributed by atoms with Crippen LogP contribution in [-0.4, -0.2) is 17.6 Å². The molecule has 0 aromatic heterocycles. The zero-order chi connectivity index (χ0) is 16.8. The zero-order valence-electron chi connectivity index (χ0n) is 13.1. The Bertz CT molecular complexity index is 736. The van der Waals surface area contributed by atoms with Crippen molar-refractivity contribution < 1.29 is 14.4 Å². The number of amides is 2. The first-order valence-corrected chi connectivity index (χ1v) is 7.22. The molecule has 2 aromatic rings. The molecule has 0 aliphatic heterocycles. The number of Topliss-reactive ketones (excluding diaryl/α,β-unsaturated/α-hetero) is 1. The van der Waals surface area contributed by atoms with Crippen LogP contribution >= 0.6 is 0 Å². The number of hydrogen-bond acceptors (Lipinski definition) is 3. The van der Waals surface area contributed by atoms with Crippen LogP contribution in [0.3, 0.4) is 0 Å². The summed E-state index contributed by atoms with van der Waals surface area (Å²) < 4.78 is 0. The van der Waals surface area contributed by atoms with Crippen molar-refractivity contribution in [3.05, 3.63) is 59.7 Å². The summed E-state index contributed by atoms with van der Waals surface area (Å²) in [6.45, 7) is 2.90. The summed E-state index contributed by atoms with van der Waals surface area (Å²) in [6, 6.07) is 14.0. The lowest BCUT2D eigenvalue weighted by Gasteiger charge is -2.09. The average molecular weight is 310 g/mol. The molecule has 0 radical (unpaired) electrons. The summed E-state index contributed by atoms with van der Waals surface area (Å²) in [6.07, 6.45) is 0.187. The molecule has 0 atom stereocenters. The van der Waals surface area contributed by atoms with E-state index in [2.05, 4.69) is 10.6 Å². The third-order valence-electron chi connectivity index (χ3n) is 3.22. The van der Waals surface area contributed by atoms with Crippen molar-refractivity contribution in [2.45, 2.75) is 20.3 Å². The summed E-state index contributed by atoms with van der Waals surface area (Å²) in [5.74, 6) is -0.442. The molecule has 0 saturated carbocycles. The van der Waals surface area contributed by atoms with Gasteiger partial charge in [0.05, 0.1) is 12.1 Å². The van der Waals surface area contributed by atoms with Gasteiger partial charge in [-0.05, 0) is 36.8 Å². The van der Waals surface area contributed by atoms with Crippen LogP contribution in [0.4, 0.5) is 11.4 Å². The second-order valence-electron chi connectivity index (χ2n) is 5.20. The number of nitrogens with one attached hydrogen (secondary N) is 2. The molecule has 5 nitrogen and oxygen atoms in total. The smallest absolute Gasteiger partial charge is 0.228 e. The molecular weight excluding hydrogens is 292 g/mol. The Kier molecular flexibility index (Phi) is 5.25. The van der Waals surface area contributed by atoms with Gasteiger partial charge in [-0.3, -0.25) is 14.4 Å². The van der Waals surface area contributed by atoms with E-state index in [0.29, 0.717) is 16.9 Å². The first kappa shape index (κ1) is 16.4. The number of benzene rings is 2. The lowest BCUT2D eigenvalue weighted by atomic mass is 10.1. The van der Waals surface area contributed by atoms with Crippen molar-refractivity contribution in [1.82, 2.24) is 0 Å². The van der Waals surface area contributed by atoms with Gasteiger partial charge in [-0.25, -0.2) is 0 Å². The van der Waals surface area contributed by atoms with Gasteiger partial charge in [0, 0.05) is 18.2 Å². The zero-order valence-corrected chi connectivity index (χ0v) is 13.1. The second kappa shape index (κ2) is 7.35. The van der Waals surface area contributed by atoms with Crippen LogP contribution in [-0.2, 0) is 16.0 Å². The van der Waals surface area contributed by atoms with Crippen molar-refractivity contribution >= 4 is 29.0 Å². The largest absolute Gasteiger partial charge is 0.326 e. The number of hydrogen-bond donors (Lipinski definition) is 2. The van der Waals surface area contributed by atoms with Crippen molar-refractivity contribution in [2.75, 3.05) is 10.6 Å². The van der Waals surface area contributed by atoms with Gasteiger partial charge >= 0.3 is 0 Å². The fraction of sp³-hybridized carbons (Fsp3) is 0.167. The maximum atomic E-state index is 12.1. The quantitative estimate of drug-likeness (QED) is 0.834. The van der Waals surface area contributed by atoms with Gasteiger partial charge in [-0.2, -0.15) is 0 Å². The van der Waals surface area contributed by atoms with Crippen molar-refractivity contribution in [2.24, 2.45) is 0 Å². The normalized spacial score (nSPS) is 10.0. The number of carbonyl (C=O) groups excluding carboxylic acids is 3. The highest BCUT2D eigenvalue weighted by molar-refractivity contribution is 6.04. The highest BCUT2D eigenvalue weighted by Crippen LogP contribution is 2.16. The molecular formula is C18H18N2O3. The number of anilines is 2. The second-order valence-corrected chi connectivity index (χ2v) is 5.20. The van der Waals surface area contributed by atoms with E-state index >= 15 is 0 Å². The topological polar surface area (TPSA) is 75.3 Å². The lowest BCUT2D eigenvalue weighted by Crippen LogP contribution is -2.16. The average Bonchev–Trinajstić information content (AvgIpc) is 2.49. The van der Waals surface area contributed by atoms with Crippen LogP contribution in [0, 0.1) is 0 Å². The van der Waals surface area contributed by atoms with Crippen LogP contribution in [0.25, 0.3) is 0 Å². The van der Waals surface area contributed by atoms with Gasteiger partial charge < -0.3 is 10.6 Å². The van der Waals surface area contributed by atoms with Crippen molar-refractivity contribution in [1.29, 1.82) is 0 Å². The third kappa shape index (κ3) is 4.78. The minimum Gasteiger partial charge on any atom is -0.326 e. The van der Waals surface area contributed by atoms with Crippen molar-refractivity contribution in [3.8, 4) is 0 Å². The minimum atomic E-state index is -0.203. The molecule has 23 heavy (non-hydrogen) atoms. The maximum absolute atomic E-state index is 12.1. The van der Waals surface area contributed by atoms with Gasteiger partial charge in [0.1, 0.15) is 0 Å². The molecule has 0 unspecified atom stereocenters. The molecule has 0 spiro atoms. The van der Waals surface area contributed by atoms with Crippen LogP contribution in [0.5, 0.6) is 0 Å². The van der Waals surface area contributed by atoms with E-state index in [1.807, 2.05) is 0 Å². The molecule has 0 heterocycles. The number of para-hydroxylation sites is 1. The fourth-order valence-corrected chi connectivity index (χ4v) is 2.19. The van der Waals surface area contributed by atoms with Crippen LogP contribution in [0.15, 0.2) is 48.5 Å². The van der Waals surface area contributed by atoms with E-state index in [1.165, 1.54) is 13.8 Å².